The number of hydrogen-bond donors (Lipinski definition) is 1. The minimum absolute atomic E-state index is 0.288. The minimum Gasteiger partial charge on any atom is -0.347 e. The lowest BCUT2D eigenvalue weighted by molar-refractivity contribution is 0.0946. The molecule has 1 N–H and O–H groups in total. The monoisotopic (exact) mass is 420 g/mol. The molecule has 0 spiro atoms. The highest BCUT2D eigenvalue weighted by Crippen LogP contribution is 2.38. The molecular formula is C21H17ClN6O2. The molecule has 0 saturated heterocycles. The highest BCUT2D eigenvalue weighted by Gasteiger charge is 2.29. The zero-order chi connectivity index (χ0) is 20.5. The second kappa shape index (κ2) is 7.72. The van der Waals surface area contributed by atoms with Crippen molar-refractivity contribution in [1.82, 2.24) is 30.0 Å². The number of nitrogens with one attached hydrogen (secondary N) is 1. The molecule has 9 heteroatoms. The smallest absolute Gasteiger partial charge is 0.271 e. The highest BCUT2D eigenvalue weighted by atomic mass is 35.5. The average molecular weight is 421 g/mol. The summed E-state index contributed by atoms with van der Waals surface area (Å²) in [6.07, 6.45) is 7.07. The Bertz CT molecular complexity index is 1200. The molecule has 5 rings (SSSR count). The zero-order valence-corrected chi connectivity index (χ0v) is 16.6. The van der Waals surface area contributed by atoms with E-state index in [1.54, 1.807) is 29.4 Å². The van der Waals surface area contributed by atoms with Gasteiger partial charge in [0.1, 0.15) is 17.8 Å². The maximum atomic E-state index is 12.4. The molecule has 8 nitrogen and oxygen atoms in total. The van der Waals surface area contributed by atoms with Crippen molar-refractivity contribution in [2.75, 3.05) is 0 Å². The Kier molecular flexibility index (Phi) is 4.76. The summed E-state index contributed by atoms with van der Waals surface area (Å²) in [7, 11) is 0. The predicted octanol–water partition coefficient (Wildman–Crippen LogP) is 3.78. The van der Waals surface area contributed by atoms with Gasteiger partial charge in [0.2, 0.25) is 0 Å². The van der Waals surface area contributed by atoms with E-state index in [2.05, 4.69) is 25.4 Å². The molecular weight excluding hydrogens is 404 g/mol. The fourth-order valence-corrected chi connectivity index (χ4v) is 3.20. The molecule has 1 aliphatic rings. The summed E-state index contributed by atoms with van der Waals surface area (Å²) in [5.74, 6) is 1.99. The summed E-state index contributed by atoms with van der Waals surface area (Å²) < 4.78 is 7.00. The van der Waals surface area contributed by atoms with E-state index in [0.717, 1.165) is 29.8 Å². The SMILES string of the molecule is O=C(NCc1ccccc1Cl)c1cn(-c2ccc(-c3nc(C4CC4)no3)cn2)cn1. The number of hydrogen-bond acceptors (Lipinski definition) is 6. The lowest BCUT2D eigenvalue weighted by atomic mass is 10.2. The summed E-state index contributed by atoms with van der Waals surface area (Å²) >= 11 is 6.12. The van der Waals surface area contributed by atoms with Gasteiger partial charge in [-0.05, 0) is 36.6 Å². The molecule has 0 atom stereocenters. The number of halogens is 1. The van der Waals surface area contributed by atoms with Crippen molar-refractivity contribution < 1.29 is 9.32 Å². The zero-order valence-electron chi connectivity index (χ0n) is 15.8. The number of imidazole rings is 1. The van der Waals surface area contributed by atoms with Crippen molar-refractivity contribution in [3.05, 3.63) is 77.2 Å². The van der Waals surface area contributed by atoms with E-state index in [9.17, 15) is 4.79 Å². The lowest BCUT2D eigenvalue weighted by Crippen LogP contribution is -2.23. The van der Waals surface area contributed by atoms with Crippen molar-refractivity contribution in [3.8, 4) is 17.3 Å². The van der Waals surface area contributed by atoms with Crippen LogP contribution >= 0.6 is 11.6 Å². The van der Waals surface area contributed by atoms with E-state index < -0.39 is 0 Å². The van der Waals surface area contributed by atoms with Crippen LogP contribution in [0.4, 0.5) is 0 Å². The molecule has 1 saturated carbocycles. The quantitative estimate of drug-likeness (QED) is 0.509. The van der Waals surface area contributed by atoms with Crippen LogP contribution in [0.1, 0.15) is 40.6 Å². The van der Waals surface area contributed by atoms with Crippen LogP contribution < -0.4 is 5.32 Å². The van der Waals surface area contributed by atoms with Crippen LogP contribution in [0.5, 0.6) is 0 Å². The Morgan fingerprint density at radius 1 is 1.20 bits per heavy atom. The molecule has 1 fully saturated rings. The Balaban J connectivity index is 1.26. The fraction of sp³-hybridized carbons (Fsp3) is 0.190. The molecule has 150 valence electrons. The molecule has 30 heavy (non-hydrogen) atoms. The normalized spacial score (nSPS) is 13.4. The maximum absolute atomic E-state index is 12.4. The molecule has 1 aliphatic carbocycles. The van der Waals surface area contributed by atoms with Crippen LogP contribution in [-0.4, -0.2) is 30.6 Å². The van der Waals surface area contributed by atoms with Crippen molar-refractivity contribution in [1.29, 1.82) is 0 Å². The van der Waals surface area contributed by atoms with E-state index in [0.29, 0.717) is 34.9 Å². The Morgan fingerprint density at radius 2 is 2.07 bits per heavy atom. The molecule has 3 aromatic heterocycles. The largest absolute Gasteiger partial charge is 0.347 e. The molecule has 0 radical (unpaired) electrons. The number of pyridine rings is 1. The van der Waals surface area contributed by atoms with Crippen LogP contribution in [0.25, 0.3) is 17.3 Å². The second-order valence-corrected chi connectivity index (χ2v) is 7.48. The first kappa shape index (κ1) is 18.5. The molecule has 0 unspecified atom stereocenters. The molecule has 0 bridgehead atoms. The van der Waals surface area contributed by atoms with Gasteiger partial charge in [-0.25, -0.2) is 9.97 Å². The van der Waals surface area contributed by atoms with Crippen LogP contribution in [0.15, 0.2) is 59.6 Å². The van der Waals surface area contributed by atoms with E-state index in [1.165, 1.54) is 0 Å². The minimum atomic E-state index is -0.288. The number of amides is 1. The van der Waals surface area contributed by atoms with Gasteiger partial charge in [0.05, 0.1) is 5.56 Å². The summed E-state index contributed by atoms with van der Waals surface area (Å²) in [6, 6.07) is 11.0. The number of carbonyl (C=O) groups is 1. The van der Waals surface area contributed by atoms with Gasteiger partial charge in [0.15, 0.2) is 5.82 Å². The fourth-order valence-electron chi connectivity index (χ4n) is 3.00. The molecule has 4 aromatic rings. The van der Waals surface area contributed by atoms with Crippen LogP contribution in [0.3, 0.4) is 0 Å². The first-order valence-electron chi connectivity index (χ1n) is 9.53. The molecule has 1 aromatic carbocycles. The number of nitrogens with zero attached hydrogens (tertiary/aromatic N) is 5. The Morgan fingerprint density at radius 3 is 2.83 bits per heavy atom. The second-order valence-electron chi connectivity index (χ2n) is 7.08. The maximum Gasteiger partial charge on any atom is 0.271 e. The Hall–Kier alpha value is -3.52. The summed E-state index contributed by atoms with van der Waals surface area (Å²) in [5, 5.41) is 7.45. The van der Waals surface area contributed by atoms with Crippen molar-refractivity contribution in [2.24, 2.45) is 0 Å². The number of benzene rings is 1. The first-order valence-corrected chi connectivity index (χ1v) is 9.91. The van der Waals surface area contributed by atoms with Gasteiger partial charge < -0.3 is 9.84 Å². The van der Waals surface area contributed by atoms with Gasteiger partial charge in [0.25, 0.3) is 11.8 Å². The van der Waals surface area contributed by atoms with Gasteiger partial charge in [-0.1, -0.05) is 35.0 Å². The third kappa shape index (κ3) is 3.81. The number of rotatable bonds is 6. The topological polar surface area (TPSA) is 98.7 Å². The highest BCUT2D eigenvalue weighted by molar-refractivity contribution is 6.31. The lowest BCUT2D eigenvalue weighted by Gasteiger charge is -2.05. The van der Waals surface area contributed by atoms with Crippen molar-refractivity contribution >= 4 is 17.5 Å². The van der Waals surface area contributed by atoms with Gasteiger partial charge >= 0.3 is 0 Å². The van der Waals surface area contributed by atoms with Crippen LogP contribution in [0, 0.1) is 0 Å². The van der Waals surface area contributed by atoms with E-state index in [1.807, 2.05) is 30.3 Å². The number of aromatic nitrogens is 5. The first-order chi connectivity index (χ1) is 14.7. The van der Waals surface area contributed by atoms with Gasteiger partial charge in [-0.15, -0.1) is 0 Å². The van der Waals surface area contributed by atoms with Crippen LogP contribution in [-0.2, 0) is 6.54 Å². The van der Waals surface area contributed by atoms with E-state index >= 15 is 0 Å². The van der Waals surface area contributed by atoms with Crippen molar-refractivity contribution in [2.45, 2.75) is 25.3 Å². The average Bonchev–Trinajstić information content (AvgIpc) is 3.29. The molecule has 3 heterocycles. The van der Waals surface area contributed by atoms with Crippen LogP contribution in [0.2, 0.25) is 5.02 Å². The van der Waals surface area contributed by atoms with E-state index in [-0.39, 0.29) is 5.91 Å². The standard InChI is InChI=1S/C21H17ClN6O2/c22-16-4-2-1-3-14(16)9-24-20(29)17-11-28(12-25-17)18-8-7-15(10-23-18)21-26-19(27-30-21)13-5-6-13/h1-4,7-8,10-13H,5-6,9H2,(H,24,29). The summed E-state index contributed by atoms with van der Waals surface area (Å²) in [6.45, 7) is 0.325. The molecule has 1 amide bonds. The van der Waals surface area contributed by atoms with Gasteiger partial charge in [0, 0.05) is 29.9 Å². The summed E-state index contributed by atoms with van der Waals surface area (Å²) in [4.78, 5) is 25.4. The van der Waals surface area contributed by atoms with E-state index in [4.69, 9.17) is 16.1 Å². The number of carbonyl (C=O) groups excluding carboxylic acids is 1. The Labute approximate surface area is 176 Å². The summed E-state index contributed by atoms with van der Waals surface area (Å²) in [5.41, 5.74) is 1.88. The van der Waals surface area contributed by atoms with Gasteiger partial charge in [-0.3, -0.25) is 9.36 Å². The van der Waals surface area contributed by atoms with Gasteiger partial charge in [-0.2, -0.15) is 4.98 Å². The third-order valence-electron chi connectivity index (χ3n) is 4.86. The van der Waals surface area contributed by atoms with Crippen molar-refractivity contribution in [3.63, 3.8) is 0 Å². The third-order valence-corrected chi connectivity index (χ3v) is 5.22. The molecule has 0 aliphatic heterocycles. The predicted molar refractivity (Wildman–Crippen MR) is 109 cm³/mol.